The van der Waals surface area contributed by atoms with E-state index in [0.717, 1.165) is 68.0 Å². The molecule has 0 spiro atoms. The first-order chi connectivity index (χ1) is 10.8. The summed E-state index contributed by atoms with van der Waals surface area (Å²) in [6, 6.07) is 11.7. The van der Waals surface area contributed by atoms with Gasteiger partial charge in [0, 0.05) is 36.8 Å². The van der Waals surface area contributed by atoms with Crippen molar-refractivity contribution < 1.29 is 34.0 Å². The second-order valence-corrected chi connectivity index (χ2v) is 5.84. The van der Waals surface area contributed by atoms with Gasteiger partial charge in [-0.2, -0.15) is 0 Å². The minimum Gasteiger partial charge on any atom is -1.00 e. The zero-order valence-electron chi connectivity index (χ0n) is 13.3. The molecule has 0 amide bonds. The van der Waals surface area contributed by atoms with E-state index in [9.17, 15) is 0 Å². The van der Waals surface area contributed by atoms with Gasteiger partial charge in [0.1, 0.15) is 11.5 Å². The van der Waals surface area contributed by atoms with Crippen molar-refractivity contribution in [2.24, 2.45) is 0 Å². The van der Waals surface area contributed by atoms with E-state index in [0.29, 0.717) is 0 Å². The maximum absolute atomic E-state index is 5.90. The third-order valence-electron chi connectivity index (χ3n) is 3.80. The zero-order chi connectivity index (χ0) is 15.2. The Morgan fingerprint density at radius 3 is 2.42 bits per heavy atom. The number of furan rings is 1. The second kappa shape index (κ2) is 11.0. The van der Waals surface area contributed by atoms with Crippen LogP contribution in [-0.4, -0.2) is 44.3 Å². The van der Waals surface area contributed by atoms with Crippen molar-refractivity contribution in [2.45, 2.75) is 6.54 Å². The molecule has 4 nitrogen and oxygen atoms in total. The monoisotopic (exact) mass is 390 g/mol. The van der Waals surface area contributed by atoms with E-state index in [1.807, 2.05) is 36.4 Å². The van der Waals surface area contributed by atoms with E-state index >= 15 is 0 Å². The number of nitrogens with zero attached hydrogens (tertiary/aromatic N) is 1. The number of benzene rings is 1. The molecule has 134 valence electrons. The fraction of sp³-hybridized carbons (Fsp3) is 0.412. The number of halogens is 3. The van der Waals surface area contributed by atoms with Crippen molar-refractivity contribution in [3.63, 3.8) is 0 Å². The van der Waals surface area contributed by atoms with Crippen LogP contribution in [0.25, 0.3) is 11.3 Å². The van der Waals surface area contributed by atoms with Gasteiger partial charge in [-0.05, 0) is 36.4 Å². The Bertz CT molecular complexity index is 584. The van der Waals surface area contributed by atoms with Crippen molar-refractivity contribution in [2.75, 3.05) is 39.4 Å². The lowest BCUT2D eigenvalue weighted by Crippen LogP contribution is -3.00. The highest BCUT2D eigenvalue weighted by Crippen LogP contribution is 2.23. The van der Waals surface area contributed by atoms with Crippen LogP contribution >= 0.6 is 11.6 Å². The standard InChI is InChI=1S/C17H21ClN2O2.2ClH/c18-15-3-1-14(2-4-15)17-6-5-16(22-17)13-19-7-8-20-9-11-21-12-10-20;;/h1-6,19H,7-13H2;2*1H/p-2. The van der Waals surface area contributed by atoms with Gasteiger partial charge in [0.05, 0.1) is 19.8 Å². The van der Waals surface area contributed by atoms with E-state index in [1.54, 1.807) is 0 Å². The van der Waals surface area contributed by atoms with Gasteiger partial charge in [-0.1, -0.05) is 11.6 Å². The molecule has 1 aromatic heterocycles. The largest absolute Gasteiger partial charge is 1.00 e. The van der Waals surface area contributed by atoms with Crippen LogP contribution in [0.2, 0.25) is 5.02 Å². The fourth-order valence-electron chi connectivity index (χ4n) is 2.52. The maximum Gasteiger partial charge on any atom is 0.134 e. The molecule has 0 unspecified atom stereocenters. The number of ether oxygens (including phenoxy) is 1. The average Bonchev–Trinajstić information content (AvgIpc) is 3.02. The summed E-state index contributed by atoms with van der Waals surface area (Å²) in [5.74, 6) is 1.83. The van der Waals surface area contributed by atoms with E-state index in [-0.39, 0.29) is 24.8 Å². The van der Waals surface area contributed by atoms with Crippen LogP contribution in [0.4, 0.5) is 0 Å². The third-order valence-corrected chi connectivity index (χ3v) is 4.05. The summed E-state index contributed by atoms with van der Waals surface area (Å²) in [5.41, 5.74) is 1.05. The number of hydrogen-bond donors (Lipinski definition) is 1. The van der Waals surface area contributed by atoms with Crippen LogP contribution in [0.1, 0.15) is 5.76 Å². The molecule has 2 heterocycles. The summed E-state index contributed by atoms with van der Waals surface area (Å²) < 4.78 is 11.2. The van der Waals surface area contributed by atoms with Gasteiger partial charge < -0.3 is 39.3 Å². The van der Waals surface area contributed by atoms with Crippen LogP contribution < -0.4 is 30.1 Å². The van der Waals surface area contributed by atoms with Crippen LogP contribution in [0, 0.1) is 0 Å². The molecule has 24 heavy (non-hydrogen) atoms. The smallest absolute Gasteiger partial charge is 0.134 e. The molecule has 0 radical (unpaired) electrons. The van der Waals surface area contributed by atoms with Gasteiger partial charge >= 0.3 is 0 Å². The number of nitrogens with one attached hydrogen (secondary N) is 1. The molecule has 2 aromatic rings. The highest BCUT2D eigenvalue weighted by Gasteiger charge is 2.09. The summed E-state index contributed by atoms with van der Waals surface area (Å²) in [7, 11) is 0. The van der Waals surface area contributed by atoms with Crippen LogP contribution in [0.3, 0.4) is 0 Å². The Morgan fingerprint density at radius 2 is 1.71 bits per heavy atom. The lowest BCUT2D eigenvalue weighted by molar-refractivity contribution is -0.001000. The van der Waals surface area contributed by atoms with Crippen LogP contribution in [-0.2, 0) is 11.3 Å². The first-order valence-electron chi connectivity index (χ1n) is 7.67. The van der Waals surface area contributed by atoms with Crippen LogP contribution in [0.15, 0.2) is 40.8 Å². The molecular weight excluding hydrogens is 371 g/mol. The molecule has 0 aliphatic carbocycles. The SMILES string of the molecule is Clc1ccc(-c2ccc(CNCCN3CCOCC3)o2)cc1.[Cl-].[Cl-]. The highest BCUT2D eigenvalue weighted by molar-refractivity contribution is 6.30. The van der Waals surface area contributed by atoms with Crippen molar-refractivity contribution in [3.05, 3.63) is 47.2 Å². The molecule has 1 aromatic carbocycles. The van der Waals surface area contributed by atoms with Gasteiger partial charge in [0.25, 0.3) is 0 Å². The Morgan fingerprint density at radius 1 is 1.00 bits per heavy atom. The summed E-state index contributed by atoms with van der Waals surface area (Å²) >= 11 is 5.90. The molecular formula is C17H21Cl3N2O2-2. The topological polar surface area (TPSA) is 37.6 Å². The predicted molar refractivity (Wildman–Crippen MR) is 88.1 cm³/mol. The Kier molecular flexibility index (Phi) is 9.74. The van der Waals surface area contributed by atoms with Crippen molar-refractivity contribution >= 4 is 11.6 Å². The third kappa shape index (κ3) is 6.28. The van der Waals surface area contributed by atoms with Gasteiger partial charge in [-0.15, -0.1) is 0 Å². The molecule has 0 bridgehead atoms. The number of rotatable bonds is 6. The van der Waals surface area contributed by atoms with E-state index in [4.69, 9.17) is 20.8 Å². The van der Waals surface area contributed by atoms with E-state index in [2.05, 4.69) is 10.2 Å². The summed E-state index contributed by atoms with van der Waals surface area (Å²) in [6.45, 7) is 6.51. The Balaban J connectivity index is 0.00000144. The predicted octanol–water partition coefficient (Wildman–Crippen LogP) is -2.97. The lowest BCUT2D eigenvalue weighted by Gasteiger charge is -2.26. The lowest BCUT2D eigenvalue weighted by atomic mass is 10.2. The van der Waals surface area contributed by atoms with E-state index in [1.165, 1.54) is 0 Å². The first kappa shape index (κ1) is 21.3. The summed E-state index contributed by atoms with van der Waals surface area (Å²) in [5, 5.41) is 4.16. The normalized spacial score (nSPS) is 14.7. The van der Waals surface area contributed by atoms with Gasteiger partial charge in [-0.3, -0.25) is 4.90 Å². The molecule has 1 fully saturated rings. The highest BCUT2D eigenvalue weighted by atomic mass is 35.5. The van der Waals surface area contributed by atoms with Crippen molar-refractivity contribution in [1.82, 2.24) is 10.2 Å². The van der Waals surface area contributed by atoms with E-state index < -0.39 is 0 Å². The quantitative estimate of drug-likeness (QED) is 0.534. The second-order valence-electron chi connectivity index (χ2n) is 5.40. The molecule has 1 aliphatic heterocycles. The molecule has 1 saturated heterocycles. The average molecular weight is 392 g/mol. The van der Waals surface area contributed by atoms with Gasteiger partial charge in [-0.25, -0.2) is 0 Å². The molecule has 1 N–H and O–H groups in total. The Hall–Kier alpha value is -0.750. The van der Waals surface area contributed by atoms with Crippen LogP contribution in [0.5, 0.6) is 0 Å². The summed E-state index contributed by atoms with van der Waals surface area (Å²) in [6.07, 6.45) is 0. The number of morpholine rings is 1. The van der Waals surface area contributed by atoms with Gasteiger partial charge in [0.15, 0.2) is 0 Å². The van der Waals surface area contributed by atoms with Crippen molar-refractivity contribution in [1.29, 1.82) is 0 Å². The molecule has 3 rings (SSSR count). The number of hydrogen-bond acceptors (Lipinski definition) is 4. The molecule has 1 aliphatic rings. The molecule has 0 saturated carbocycles. The minimum absolute atomic E-state index is 0. The fourth-order valence-corrected chi connectivity index (χ4v) is 2.64. The van der Waals surface area contributed by atoms with Gasteiger partial charge in [0.2, 0.25) is 0 Å². The zero-order valence-corrected chi connectivity index (χ0v) is 15.6. The maximum atomic E-state index is 5.90. The Labute approximate surface area is 160 Å². The summed E-state index contributed by atoms with van der Waals surface area (Å²) in [4.78, 5) is 2.41. The van der Waals surface area contributed by atoms with Crippen molar-refractivity contribution in [3.8, 4) is 11.3 Å². The minimum atomic E-state index is 0. The molecule has 0 atom stereocenters. The first-order valence-corrected chi connectivity index (χ1v) is 8.04. The molecule has 7 heteroatoms.